The number of hydrogen-bond donors (Lipinski definition) is 0. The summed E-state index contributed by atoms with van der Waals surface area (Å²) in [6, 6.07) is 6.96. The molecule has 1 aromatic rings. The number of carbonyl (C=O) groups is 2. The van der Waals surface area contributed by atoms with Gasteiger partial charge in [0.05, 0.1) is 0 Å². The summed E-state index contributed by atoms with van der Waals surface area (Å²) in [5.41, 5.74) is 2.89. The zero-order valence-corrected chi connectivity index (χ0v) is 9.19. The van der Waals surface area contributed by atoms with Gasteiger partial charge in [0.15, 0.2) is 11.6 Å². The third-order valence-electron chi connectivity index (χ3n) is 3.11. The van der Waals surface area contributed by atoms with E-state index in [1.165, 1.54) is 0 Å². The van der Waals surface area contributed by atoms with Gasteiger partial charge in [-0.25, -0.2) is 0 Å². The van der Waals surface area contributed by atoms with Crippen LogP contribution in [0.5, 0.6) is 0 Å². The Bertz CT molecular complexity index is 630. The minimum absolute atomic E-state index is 0.0565. The lowest BCUT2D eigenvalue weighted by atomic mass is 9.79. The molecule has 0 saturated heterocycles. The molecular formula is C15H10O2. The molecule has 0 aromatic heterocycles. The first-order valence-corrected chi connectivity index (χ1v) is 5.47. The summed E-state index contributed by atoms with van der Waals surface area (Å²) in [5, 5.41) is 0. The molecule has 0 fully saturated rings. The molecule has 17 heavy (non-hydrogen) atoms. The van der Waals surface area contributed by atoms with Crippen molar-refractivity contribution in [1.29, 1.82) is 0 Å². The Kier molecular flexibility index (Phi) is 1.99. The van der Waals surface area contributed by atoms with Crippen molar-refractivity contribution in [3.8, 4) is 0 Å². The largest absolute Gasteiger partial charge is 0.289 e. The second-order valence-corrected chi connectivity index (χ2v) is 4.24. The fourth-order valence-electron chi connectivity index (χ4n) is 2.26. The van der Waals surface area contributed by atoms with E-state index < -0.39 is 0 Å². The number of carbonyl (C=O) groups excluding carboxylic acids is 2. The van der Waals surface area contributed by atoms with Crippen LogP contribution in [-0.2, 0) is 0 Å². The minimum atomic E-state index is -0.0766. The number of ketones is 2. The van der Waals surface area contributed by atoms with Crippen LogP contribution < -0.4 is 0 Å². The zero-order chi connectivity index (χ0) is 12.0. The molecule has 1 aromatic carbocycles. The van der Waals surface area contributed by atoms with Crippen LogP contribution in [0.15, 0.2) is 59.7 Å². The van der Waals surface area contributed by atoms with Crippen molar-refractivity contribution in [2.75, 3.05) is 0 Å². The summed E-state index contributed by atoms with van der Waals surface area (Å²) in [4.78, 5) is 24.5. The van der Waals surface area contributed by atoms with Gasteiger partial charge in [0.25, 0.3) is 0 Å². The summed E-state index contributed by atoms with van der Waals surface area (Å²) in [5.74, 6) is -0.133. The number of allylic oxidation sites excluding steroid dienone is 5. The maximum absolute atomic E-state index is 12.2. The molecule has 2 nitrogen and oxygen atoms in total. The van der Waals surface area contributed by atoms with Crippen molar-refractivity contribution in [3.05, 3.63) is 70.8 Å². The standard InChI is InChI=1S/C15H10O2/c1-9-6-7-12-13(8-9)15(17)11-5-3-2-4-10(11)14(12)16/h2-5,7-8H,1,6H2. The zero-order valence-electron chi connectivity index (χ0n) is 9.19. The molecule has 3 rings (SSSR count). The molecular weight excluding hydrogens is 212 g/mol. The van der Waals surface area contributed by atoms with E-state index in [-0.39, 0.29) is 11.6 Å². The summed E-state index contributed by atoms with van der Waals surface area (Å²) < 4.78 is 0. The van der Waals surface area contributed by atoms with Gasteiger partial charge < -0.3 is 0 Å². The highest BCUT2D eigenvalue weighted by atomic mass is 16.1. The smallest absolute Gasteiger partial charge is 0.194 e. The lowest BCUT2D eigenvalue weighted by molar-refractivity contribution is 0.0972. The molecule has 0 saturated carbocycles. The molecule has 2 aliphatic rings. The van der Waals surface area contributed by atoms with E-state index in [1.807, 2.05) is 0 Å². The van der Waals surface area contributed by atoms with Crippen LogP contribution in [0.2, 0.25) is 0 Å². The van der Waals surface area contributed by atoms with Gasteiger partial charge in [0, 0.05) is 22.3 Å². The fraction of sp³-hybridized carbons (Fsp3) is 0.0667. The topological polar surface area (TPSA) is 34.1 Å². The number of hydrogen-bond acceptors (Lipinski definition) is 2. The summed E-state index contributed by atoms with van der Waals surface area (Å²) >= 11 is 0. The summed E-state index contributed by atoms with van der Waals surface area (Å²) in [7, 11) is 0. The highest BCUT2D eigenvalue weighted by Gasteiger charge is 2.32. The molecule has 0 amide bonds. The van der Waals surface area contributed by atoms with Gasteiger partial charge in [-0.05, 0) is 12.5 Å². The van der Waals surface area contributed by atoms with E-state index in [4.69, 9.17) is 0 Å². The van der Waals surface area contributed by atoms with E-state index in [2.05, 4.69) is 6.58 Å². The van der Waals surface area contributed by atoms with Crippen molar-refractivity contribution >= 4 is 11.6 Å². The average Bonchev–Trinajstić information content (AvgIpc) is 2.36. The van der Waals surface area contributed by atoms with Crippen LogP contribution in [0.3, 0.4) is 0 Å². The first kappa shape index (κ1) is 9.97. The average molecular weight is 222 g/mol. The normalized spacial score (nSPS) is 18.2. The van der Waals surface area contributed by atoms with Gasteiger partial charge in [-0.3, -0.25) is 9.59 Å². The van der Waals surface area contributed by atoms with Gasteiger partial charge in [-0.1, -0.05) is 42.5 Å². The van der Waals surface area contributed by atoms with E-state index in [9.17, 15) is 9.59 Å². The Hall–Kier alpha value is -2.22. The minimum Gasteiger partial charge on any atom is -0.289 e. The van der Waals surface area contributed by atoms with Gasteiger partial charge in [0.1, 0.15) is 0 Å². The van der Waals surface area contributed by atoms with E-state index in [1.54, 1.807) is 36.4 Å². The lowest BCUT2D eigenvalue weighted by Gasteiger charge is -2.22. The Morgan fingerprint density at radius 2 is 1.53 bits per heavy atom. The molecule has 0 radical (unpaired) electrons. The lowest BCUT2D eigenvalue weighted by Crippen LogP contribution is -2.24. The SMILES string of the molecule is C=C1C=C2C(=O)c3ccccc3C(=O)C2=CC1. The highest BCUT2D eigenvalue weighted by Crippen LogP contribution is 2.33. The predicted octanol–water partition coefficient (Wildman–Crippen LogP) is 2.88. The maximum atomic E-state index is 12.2. The van der Waals surface area contributed by atoms with Gasteiger partial charge in [0.2, 0.25) is 0 Å². The molecule has 0 atom stereocenters. The van der Waals surface area contributed by atoms with Gasteiger partial charge in [-0.15, -0.1) is 0 Å². The number of Topliss-reactive ketones (excluding diaryl/α,β-unsaturated/α-hetero) is 2. The van der Waals surface area contributed by atoms with Crippen molar-refractivity contribution in [2.45, 2.75) is 6.42 Å². The molecule has 2 heteroatoms. The third kappa shape index (κ3) is 1.34. The monoisotopic (exact) mass is 222 g/mol. The molecule has 82 valence electrons. The molecule has 2 aliphatic carbocycles. The molecule has 0 bridgehead atoms. The number of rotatable bonds is 0. The summed E-state index contributed by atoms with van der Waals surface area (Å²) in [6.45, 7) is 3.84. The quantitative estimate of drug-likeness (QED) is 0.676. The van der Waals surface area contributed by atoms with Gasteiger partial charge >= 0.3 is 0 Å². The Morgan fingerprint density at radius 1 is 0.941 bits per heavy atom. The van der Waals surface area contributed by atoms with Crippen LogP contribution in [0.25, 0.3) is 0 Å². The Morgan fingerprint density at radius 3 is 2.18 bits per heavy atom. The van der Waals surface area contributed by atoms with E-state index in [0.29, 0.717) is 28.7 Å². The fourth-order valence-corrected chi connectivity index (χ4v) is 2.26. The third-order valence-corrected chi connectivity index (χ3v) is 3.11. The van der Waals surface area contributed by atoms with Crippen LogP contribution in [0, 0.1) is 0 Å². The van der Waals surface area contributed by atoms with Crippen molar-refractivity contribution < 1.29 is 9.59 Å². The molecule has 0 aliphatic heterocycles. The Balaban J connectivity index is 2.29. The second-order valence-electron chi connectivity index (χ2n) is 4.24. The maximum Gasteiger partial charge on any atom is 0.194 e. The first-order valence-electron chi connectivity index (χ1n) is 5.47. The van der Waals surface area contributed by atoms with Crippen LogP contribution >= 0.6 is 0 Å². The van der Waals surface area contributed by atoms with E-state index >= 15 is 0 Å². The van der Waals surface area contributed by atoms with Crippen LogP contribution in [0.1, 0.15) is 27.1 Å². The van der Waals surface area contributed by atoms with Crippen molar-refractivity contribution in [3.63, 3.8) is 0 Å². The summed E-state index contributed by atoms with van der Waals surface area (Å²) in [6.07, 6.45) is 4.17. The number of benzene rings is 1. The Labute approximate surface area is 99.0 Å². The molecule has 0 N–H and O–H groups in total. The number of fused-ring (bicyclic) bond motifs is 2. The second kappa shape index (κ2) is 3.39. The molecule has 0 spiro atoms. The van der Waals surface area contributed by atoms with Crippen molar-refractivity contribution in [2.24, 2.45) is 0 Å². The van der Waals surface area contributed by atoms with Gasteiger partial charge in [-0.2, -0.15) is 0 Å². The molecule has 0 unspecified atom stereocenters. The van der Waals surface area contributed by atoms with Crippen molar-refractivity contribution in [1.82, 2.24) is 0 Å². The highest BCUT2D eigenvalue weighted by molar-refractivity contribution is 6.31. The predicted molar refractivity (Wildman–Crippen MR) is 65.0 cm³/mol. The first-order chi connectivity index (χ1) is 8.18. The molecule has 0 heterocycles. The van der Waals surface area contributed by atoms with Crippen LogP contribution in [-0.4, -0.2) is 11.6 Å². The van der Waals surface area contributed by atoms with Crippen LogP contribution in [0.4, 0.5) is 0 Å². The van der Waals surface area contributed by atoms with E-state index in [0.717, 1.165) is 5.57 Å².